The molecule has 0 saturated heterocycles. The lowest BCUT2D eigenvalue weighted by atomic mass is 9.73. The molecule has 0 fully saturated rings. The fourth-order valence-electron chi connectivity index (χ4n) is 12.7. The Hall–Kier alpha value is -6.71. The van der Waals surface area contributed by atoms with E-state index in [9.17, 15) is 0 Å². The van der Waals surface area contributed by atoms with Crippen LogP contribution in [0.1, 0.15) is 119 Å². The third-order valence-corrected chi connectivity index (χ3v) is 16.8. The number of halogens is 3. The maximum Gasteiger partial charge on any atom is 0.402 e. The number of benzene rings is 7. The number of hydrogen-bond donors (Lipinski definition) is 0. The van der Waals surface area contributed by atoms with Gasteiger partial charge in [-0.1, -0.05) is 174 Å². The monoisotopic (exact) mass is 896 g/mol. The molecule has 3 heteroatoms. The predicted molar refractivity (Wildman–Crippen MR) is 281 cm³/mol. The molecule has 0 saturated carbocycles. The van der Waals surface area contributed by atoms with Crippen LogP contribution in [-0.4, -0.2) is 6.18 Å². The van der Waals surface area contributed by atoms with E-state index in [1.54, 1.807) is 12.1 Å². The molecule has 1 unspecified atom stereocenters. The zero-order valence-electron chi connectivity index (χ0n) is 40.4. The van der Waals surface area contributed by atoms with Gasteiger partial charge in [-0.15, -0.1) is 0 Å². The van der Waals surface area contributed by atoms with E-state index < -0.39 is 11.6 Å². The first kappa shape index (κ1) is 45.1. The van der Waals surface area contributed by atoms with E-state index in [1.807, 2.05) is 55.5 Å². The SMILES string of the molecule is C=CC(C(C=C)=C(C)c1ccc2c(c1)C(C)(C(F)(F)F)c1cc(-c3ccc(-c4ccc5c(c4)C(CC)(CC)c4ccccc4-5)cc3)ccc1-2)=C(C)c1ccc2c(c1)C(CC)(CC)c1ccccc1-2. The van der Waals surface area contributed by atoms with Crippen LogP contribution in [0.25, 0.3) is 66.8 Å². The first-order chi connectivity index (χ1) is 32.7. The van der Waals surface area contributed by atoms with Crippen LogP contribution in [0.3, 0.4) is 0 Å². The second-order valence-electron chi connectivity index (χ2n) is 19.4. The normalized spacial score (nSPS) is 17.5. The summed E-state index contributed by atoms with van der Waals surface area (Å²) in [5, 5.41) is 0. The van der Waals surface area contributed by atoms with Crippen LogP contribution in [-0.2, 0) is 16.2 Å². The average molecular weight is 897 g/mol. The predicted octanol–water partition coefficient (Wildman–Crippen LogP) is 18.7. The van der Waals surface area contributed by atoms with Gasteiger partial charge in [-0.3, -0.25) is 0 Å². The minimum Gasteiger partial charge on any atom is -0.170 e. The van der Waals surface area contributed by atoms with E-state index >= 15 is 13.2 Å². The van der Waals surface area contributed by atoms with Crippen LogP contribution < -0.4 is 0 Å². The highest BCUT2D eigenvalue weighted by Crippen LogP contribution is 2.58. The van der Waals surface area contributed by atoms with Crippen molar-refractivity contribution in [1.29, 1.82) is 0 Å². The van der Waals surface area contributed by atoms with Gasteiger partial charge in [0, 0.05) is 10.8 Å². The molecular formula is C65H59F3. The van der Waals surface area contributed by atoms with Gasteiger partial charge in [0.15, 0.2) is 0 Å². The van der Waals surface area contributed by atoms with Crippen molar-refractivity contribution in [3.05, 3.63) is 227 Å². The van der Waals surface area contributed by atoms with E-state index in [-0.39, 0.29) is 22.0 Å². The van der Waals surface area contributed by atoms with Gasteiger partial charge in [0.1, 0.15) is 5.41 Å². The van der Waals surface area contributed by atoms with E-state index in [1.165, 1.54) is 51.4 Å². The summed E-state index contributed by atoms with van der Waals surface area (Å²) in [6.07, 6.45) is 3.12. The number of alkyl halides is 3. The third-order valence-electron chi connectivity index (χ3n) is 16.8. The summed E-state index contributed by atoms with van der Waals surface area (Å²) in [6.45, 7) is 23.0. The lowest BCUT2D eigenvalue weighted by molar-refractivity contribution is -0.172. The van der Waals surface area contributed by atoms with Crippen LogP contribution in [0.4, 0.5) is 13.2 Å². The van der Waals surface area contributed by atoms with E-state index in [0.717, 1.165) is 81.4 Å². The molecule has 68 heavy (non-hydrogen) atoms. The van der Waals surface area contributed by atoms with Crippen LogP contribution in [0.5, 0.6) is 0 Å². The topological polar surface area (TPSA) is 0 Å². The number of allylic oxidation sites excluding steroid dienone is 6. The highest BCUT2D eigenvalue weighted by Gasteiger charge is 2.58. The molecule has 3 aliphatic carbocycles. The molecule has 7 aromatic rings. The highest BCUT2D eigenvalue weighted by molar-refractivity contribution is 5.90. The van der Waals surface area contributed by atoms with Crippen molar-refractivity contribution in [2.24, 2.45) is 0 Å². The van der Waals surface area contributed by atoms with Gasteiger partial charge in [0.05, 0.1) is 0 Å². The number of fused-ring (bicyclic) bond motifs is 9. The van der Waals surface area contributed by atoms with Crippen molar-refractivity contribution in [3.8, 4) is 55.6 Å². The van der Waals surface area contributed by atoms with Crippen LogP contribution in [0.15, 0.2) is 182 Å². The van der Waals surface area contributed by atoms with Crippen molar-refractivity contribution in [1.82, 2.24) is 0 Å². The van der Waals surface area contributed by atoms with Crippen molar-refractivity contribution < 1.29 is 13.2 Å². The second kappa shape index (κ2) is 16.5. The van der Waals surface area contributed by atoms with Gasteiger partial charge in [-0.2, -0.15) is 13.2 Å². The minimum absolute atomic E-state index is 0.0302. The molecule has 7 aromatic carbocycles. The lowest BCUT2D eigenvalue weighted by Gasteiger charge is -2.31. The van der Waals surface area contributed by atoms with Crippen molar-refractivity contribution in [2.75, 3.05) is 0 Å². The number of rotatable bonds is 11. The fraction of sp³-hybridized carbons (Fsp3) is 0.231. The summed E-state index contributed by atoms with van der Waals surface area (Å²) in [7, 11) is 0. The Morgan fingerprint density at radius 1 is 0.426 bits per heavy atom. The average Bonchev–Trinajstić information content (AvgIpc) is 3.93. The van der Waals surface area contributed by atoms with Crippen molar-refractivity contribution in [2.45, 2.75) is 96.6 Å². The Morgan fingerprint density at radius 3 is 1.16 bits per heavy atom. The summed E-state index contributed by atoms with van der Waals surface area (Å²) >= 11 is 0. The van der Waals surface area contributed by atoms with Gasteiger partial charge in [0.2, 0.25) is 0 Å². The summed E-state index contributed by atoms with van der Waals surface area (Å²) in [5.74, 6) is 0. The maximum absolute atomic E-state index is 15.8. The molecule has 10 rings (SSSR count). The van der Waals surface area contributed by atoms with E-state index in [2.05, 4.69) is 145 Å². The standard InChI is InChI=1S/C65H59F3/c1-10-48(49(11-2)41(8)45-29-33-54-50-20-16-18-22-56(50)63(12-3,13-4)60(54)37-45)40(7)44-28-32-52-53-34-30-46(38-59(53)62(9,58(52)36-44)65(66,67)68)42-24-26-43(27-25-42)47-31-35-55-51-21-17-19-23-57(51)64(14-5,15-6)61(55)39-47/h10-11,16-39H,1-2,12-15H2,3-9H3. The molecule has 0 aromatic heterocycles. The van der Waals surface area contributed by atoms with Gasteiger partial charge in [0.25, 0.3) is 0 Å². The molecule has 3 aliphatic rings. The van der Waals surface area contributed by atoms with Gasteiger partial charge in [-0.25, -0.2) is 0 Å². The van der Waals surface area contributed by atoms with Gasteiger partial charge < -0.3 is 0 Å². The second-order valence-corrected chi connectivity index (χ2v) is 19.4. The van der Waals surface area contributed by atoms with E-state index in [4.69, 9.17) is 0 Å². The Labute approximate surface area is 401 Å². The maximum atomic E-state index is 15.8. The third kappa shape index (κ3) is 6.34. The molecule has 0 nitrogen and oxygen atoms in total. The van der Waals surface area contributed by atoms with E-state index in [0.29, 0.717) is 11.1 Å². The zero-order valence-corrected chi connectivity index (χ0v) is 40.4. The minimum atomic E-state index is -4.56. The smallest absolute Gasteiger partial charge is 0.170 e. The number of hydrogen-bond acceptors (Lipinski definition) is 0. The summed E-state index contributed by atoms with van der Waals surface area (Å²) in [5.41, 5.74) is 19.4. The molecule has 1 atom stereocenters. The molecule has 0 heterocycles. The van der Waals surface area contributed by atoms with Crippen LogP contribution in [0, 0.1) is 0 Å². The Kier molecular flexibility index (Phi) is 10.9. The lowest BCUT2D eigenvalue weighted by Crippen LogP contribution is -2.38. The Balaban J connectivity index is 0.992. The van der Waals surface area contributed by atoms with Crippen LogP contribution in [0.2, 0.25) is 0 Å². The molecule has 0 radical (unpaired) electrons. The summed E-state index contributed by atoms with van der Waals surface area (Å²) < 4.78 is 47.5. The first-order valence-electron chi connectivity index (χ1n) is 24.4. The zero-order chi connectivity index (χ0) is 47.9. The molecular weight excluding hydrogens is 838 g/mol. The van der Waals surface area contributed by atoms with Crippen molar-refractivity contribution in [3.63, 3.8) is 0 Å². The molecule has 0 spiro atoms. The molecule has 0 N–H and O–H groups in total. The summed E-state index contributed by atoms with van der Waals surface area (Å²) in [6, 6.07) is 50.6. The first-order valence-corrected chi connectivity index (χ1v) is 24.4. The summed E-state index contributed by atoms with van der Waals surface area (Å²) in [4.78, 5) is 0. The highest BCUT2D eigenvalue weighted by atomic mass is 19.4. The van der Waals surface area contributed by atoms with Gasteiger partial charge in [-0.05, 0) is 193 Å². The molecule has 0 aliphatic heterocycles. The Bertz CT molecular complexity index is 3270. The van der Waals surface area contributed by atoms with Crippen molar-refractivity contribution >= 4 is 11.1 Å². The molecule has 0 amide bonds. The fourth-order valence-corrected chi connectivity index (χ4v) is 12.7. The molecule has 340 valence electrons. The Morgan fingerprint density at radius 2 is 0.750 bits per heavy atom. The molecule has 0 bridgehead atoms. The van der Waals surface area contributed by atoms with Crippen LogP contribution >= 0.6 is 0 Å². The quantitative estimate of drug-likeness (QED) is 0.114. The largest absolute Gasteiger partial charge is 0.402 e. The van der Waals surface area contributed by atoms with Gasteiger partial charge >= 0.3 is 6.18 Å².